The fraction of sp³-hybridized carbons (Fsp3) is 0.429. The minimum atomic E-state index is -1.50. The predicted molar refractivity (Wildman–Crippen MR) is 115 cm³/mol. The highest BCUT2D eigenvalue weighted by atomic mass is 32.2. The van der Waals surface area contributed by atoms with Gasteiger partial charge in [0.2, 0.25) is 5.91 Å². The first-order valence-electron chi connectivity index (χ1n) is 9.71. The first kappa shape index (κ1) is 22.2. The Morgan fingerprint density at radius 1 is 1.17 bits per heavy atom. The summed E-state index contributed by atoms with van der Waals surface area (Å²) in [6, 6.07) is 5.73. The molecule has 3 amide bonds. The maximum absolute atomic E-state index is 13.8. The zero-order valence-corrected chi connectivity index (χ0v) is 18.3. The number of amides is 3. The lowest BCUT2D eigenvalue weighted by molar-refractivity contribution is -0.119. The van der Waals surface area contributed by atoms with Crippen LogP contribution < -0.4 is 10.6 Å². The number of hydrogen-bond acceptors (Lipinski definition) is 6. The van der Waals surface area contributed by atoms with Gasteiger partial charge in [-0.3, -0.25) is 10.1 Å². The third-order valence-corrected chi connectivity index (χ3v) is 5.76. The standard InChI is InChI=1S/C17H20FN3S.C4H6N2O2/c1-17(2,18)16-19-9-15(10-20-16)12-4-5-14-11-21(22-3)7-6-13(14)8-12;1-2-3(7)6-4(8)5-2/h4-5,8-10H,6-7,11H2,1-3H3;2H,1H3,(H2,5,6,7,8). The zero-order chi connectivity index (χ0) is 21.9. The Morgan fingerprint density at radius 2 is 1.87 bits per heavy atom. The van der Waals surface area contributed by atoms with Crippen molar-refractivity contribution in [3.8, 4) is 11.1 Å². The van der Waals surface area contributed by atoms with Gasteiger partial charge >= 0.3 is 6.03 Å². The van der Waals surface area contributed by atoms with Crippen LogP contribution in [0.3, 0.4) is 0 Å². The molecule has 160 valence electrons. The van der Waals surface area contributed by atoms with Gasteiger partial charge in [-0.25, -0.2) is 23.5 Å². The van der Waals surface area contributed by atoms with Gasteiger partial charge < -0.3 is 5.32 Å². The molecule has 1 atom stereocenters. The van der Waals surface area contributed by atoms with Crippen LogP contribution in [0.1, 0.15) is 37.7 Å². The Balaban J connectivity index is 0.000000269. The molecule has 0 aliphatic carbocycles. The summed E-state index contributed by atoms with van der Waals surface area (Å²) >= 11 is 1.79. The monoisotopic (exact) mass is 431 g/mol. The number of imide groups is 1. The second-order valence-electron chi connectivity index (χ2n) is 7.73. The van der Waals surface area contributed by atoms with E-state index in [1.54, 1.807) is 31.3 Å². The van der Waals surface area contributed by atoms with Crippen molar-refractivity contribution in [1.29, 1.82) is 0 Å². The second-order valence-corrected chi connectivity index (χ2v) is 8.61. The number of halogens is 1. The number of carbonyl (C=O) groups excluding carboxylic acids is 2. The Morgan fingerprint density at radius 3 is 2.37 bits per heavy atom. The summed E-state index contributed by atoms with van der Waals surface area (Å²) in [7, 11) is 0. The van der Waals surface area contributed by atoms with Crippen LogP contribution in [0.2, 0.25) is 0 Å². The molecule has 0 bridgehead atoms. The van der Waals surface area contributed by atoms with Gasteiger partial charge in [-0.05, 0) is 50.1 Å². The molecule has 1 unspecified atom stereocenters. The summed E-state index contributed by atoms with van der Waals surface area (Å²) in [4.78, 5) is 28.9. The Bertz CT molecular complexity index is 930. The molecule has 0 radical (unpaired) electrons. The van der Waals surface area contributed by atoms with Crippen molar-refractivity contribution in [3.05, 3.63) is 47.5 Å². The minimum absolute atomic E-state index is 0.227. The Hall–Kier alpha value is -2.52. The van der Waals surface area contributed by atoms with Gasteiger partial charge in [0.25, 0.3) is 0 Å². The van der Waals surface area contributed by atoms with Crippen molar-refractivity contribution in [2.45, 2.75) is 45.4 Å². The number of benzene rings is 1. The van der Waals surface area contributed by atoms with E-state index in [0.29, 0.717) is 0 Å². The van der Waals surface area contributed by atoms with Crippen LogP contribution in [-0.4, -0.2) is 45.1 Å². The average molecular weight is 432 g/mol. The van der Waals surface area contributed by atoms with Crippen molar-refractivity contribution < 1.29 is 14.0 Å². The molecular weight excluding hydrogens is 405 g/mol. The van der Waals surface area contributed by atoms with Crippen LogP contribution in [0.15, 0.2) is 30.6 Å². The third kappa shape index (κ3) is 5.34. The van der Waals surface area contributed by atoms with Gasteiger partial charge in [-0.1, -0.05) is 30.1 Å². The molecule has 0 saturated carbocycles. The number of urea groups is 1. The first-order valence-corrected chi connectivity index (χ1v) is 10.9. The molecule has 2 aromatic rings. The van der Waals surface area contributed by atoms with Gasteiger partial charge in [0.15, 0.2) is 11.5 Å². The predicted octanol–water partition coefficient (Wildman–Crippen LogP) is 3.20. The van der Waals surface area contributed by atoms with E-state index >= 15 is 0 Å². The maximum Gasteiger partial charge on any atom is 0.322 e. The summed E-state index contributed by atoms with van der Waals surface area (Å²) in [6.45, 7) is 6.63. The highest BCUT2D eigenvalue weighted by Crippen LogP contribution is 2.28. The molecule has 3 heterocycles. The normalized spacial score (nSPS) is 18.8. The number of nitrogens with one attached hydrogen (secondary N) is 2. The van der Waals surface area contributed by atoms with Gasteiger partial charge in [0, 0.05) is 31.0 Å². The summed E-state index contributed by atoms with van der Waals surface area (Å²) in [5, 5.41) is 4.44. The fourth-order valence-electron chi connectivity index (χ4n) is 3.17. The van der Waals surface area contributed by atoms with Crippen LogP contribution in [-0.2, 0) is 23.4 Å². The second kappa shape index (κ2) is 9.09. The van der Waals surface area contributed by atoms with E-state index in [2.05, 4.69) is 49.4 Å². The molecule has 9 heteroatoms. The molecule has 7 nitrogen and oxygen atoms in total. The van der Waals surface area contributed by atoms with E-state index in [0.717, 1.165) is 30.6 Å². The van der Waals surface area contributed by atoms with Crippen molar-refractivity contribution in [1.82, 2.24) is 24.9 Å². The van der Waals surface area contributed by atoms with Crippen molar-refractivity contribution in [2.24, 2.45) is 0 Å². The lowest BCUT2D eigenvalue weighted by atomic mass is 9.96. The number of hydrogen-bond donors (Lipinski definition) is 2. The first-order chi connectivity index (χ1) is 14.2. The highest BCUT2D eigenvalue weighted by Gasteiger charge is 2.24. The van der Waals surface area contributed by atoms with Crippen molar-refractivity contribution in [3.63, 3.8) is 0 Å². The molecule has 4 rings (SSSR count). The number of alkyl halides is 1. The quantitative estimate of drug-likeness (QED) is 0.573. The van der Waals surface area contributed by atoms with Gasteiger partial charge in [0.05, 0.1) is 0 Å². The SMILES string of the molecule is CC1NC(=O)NC1=O.CSN1CCc2cc(-c3cnc(C(C)(C)F)nc3)ccc2C1. The molecular formula is C21H26FN5O2S. The summed E-state index contributed by atoms with van der Waals surface area (Å²) in [5.41, 5.74) is 3.29. The molecule has 2 aliphatic rings. The number of aromatic nitrogens is 2. The molecule has 1 fully saturated rings. The van der Waals surface area contributed by atoms with E-state index in [1.807, 2.05) is 0 Å². The van der Waals surface area contributed by atoms with Crippen LogP contribution in [0.5, 0.6) is 0 Å². The van der Waals surface area contributed by atoms with E-state index in [-0.39, 0.29) is 17.8 Å². The van der Waals surface area contributed by atoms with Gasteiger partial charge in [-0.15, -0.1) is 0 Å². The number of nitrogens with zero attached hydrogens (tertiary/aromatic N) is 3. The topological polar surface area (TPSA) is 87.2 Å². The van der Waals surface area contributed by atoms with E-state index < -0.39 is 11.7 Å². The molecule has 30 heavy (non-hydrogen) atoms. The smallest absolute Gasteiger partial charge is 0.322 e. The van der Waals surface area contributed by atoms with Crippen molar-refractivity contribution in [2.75, 3.05) is 12.8 Å². The van der Waals surface area contributed by atoms with E-state index in [9.17, 15) is 14.0 Å². The Labute approximate surface area is 180 Å². The van der Waals surface area contributed by atoms with Crippen LogP contribution >= 0.6 is 11.9 Å². The molecule has 1 aromatic carbocycles. The molecule has 0 spiro atoms. The summed E-state index contributed by atoms with van der Waals surface area (Å²) in [5.74, 6) is -0.0279. The van der Waals surface area contributed by atoms with Gasteiger partial charge in [0.1, 0.15) is 6.04 Å². The average Bonchev–Trinajstić information content (AvgIpc) is 3.02. The zero-order valence-electron chi connectivity index (χ0n) is 17.5. The Kier molecular flexibility index (Phi) is 6.72. The third-order valence-electron chi connectivity index (χ3n) is 4.94. The van der Waals surface area contributed by atoms with Crippen LogP contribution in [0.25, 0.3) is 11.1 Å². The fourth-order valence-corrected chi connectivity index (χ4v) is 3.71. The van der Waals surface area contributed by atoms with Crippen molar-refractivity contribution >= 4 is 23.9 Å². The maximum atomic E-state index is 13.8. The van der Waals surface area contributed by atoms with Crippen LogP contribution in [0, 0.1) is 0 Å². The number of carbonyl (C=O) groups is 2. The lowest BCUT2D eigenvalue weighted by Gasteiger charge is -2.26. The largest absolute Gasteiger partial charge is 0.326 e. The van der Waals surface area contributed by atoms with E-state index in [4.69, 9.17) is 0 Å². The summed E-state index contributed by atoms with van der Waals surface area (Å²) < 4.78 is 16.2. The van der Waals surface area contributed by atoms with Gasteiger partial charge in [-0.2, -0.15) is 0 Å². The molecule has 1 aromatic heterocycles. The minimum Gasteiger partial charge on any atom is -0.326 e. The molecule has 1 saturated heterocycles. The van der Waals surface area contributed by atoms with E-state index in [1.165, 1.54) is 25.0 Å². The summed E-state index contributed by atoms with van der Waals surface area (Å²) in [6.07, 6.45) is 6.59. The van der Waals surface area contributed by atoms with Crippen LogP contribution in [0.4, 0.5) is 9.18 Å². The highest BCUT2D eigenvalue weighted by molar-refractivity contribution is 7.96. The number of fused-ring (bicyclic) bond motifs is 1. The number of rotatable bonds is 3. The molecule has 2 N–H and O–H groups in total. The molecule has 2 aliphatic heterocycles. The lowest BCUT2D eigenvalue weighted by Crippen LogP contribution is -2.24.